The van der Waals surface area contributed by atoms with E-state index in [-0.39, 0.29) is 3.55 Å². The standard InChI is InChI=1S/C12H13IN2/c1-12(13)11-9(6-7-14-12)8-4-2-3-5-10(8)15-11/h2-5,14-15H,6-7H2,1H3/t12-/m0/s1. The fourth-order valence-electron chi connectivity index (χ4n) is 2.37. The number of halogens is 1. The normalized spacial score (nSPS) is 25.5. The van der Waals surface area contributed by atoms with Crippen LogP contribution in [0.1, 0.15) is 18.2 Å². The maximum absolute atomic E-state index is 3.54. The van der Waals surface area contributed by atoms with E-state index in [4.69, 9.17) is 0 Å². The molecule has 3 rings (SSSR count). The van der Waals surface area contributed by atoms with Gasteiger partial charge in [-0.25, -0.2) is 0 Å². The van der Waals surface area contributed by atoms with Gasteiger partial charge in [-0.3, -0.25) is 5.32 Å². The summed E-state index contributed by atoms with van der Waals surface area (Å²) in [6.45, 7) is 3.29. The van der Waals surface area contributed by atoms with Gasteiger partial charge in [0, 0.05) is 23.1 Å². The number of para-hydroxylation sites is 1. The molecule has 0 aliphatic carbocycles. The smallest absolute Gasteiger partial charge is 0.108 e. The molecule has 1 aromatic heterocycles. The maximum atomic E-state index is 3.54. The highest BCUT2D eigenvalue weighted by Gasteiger charge is 2.31. The lowest BCUT2D eigenvalue weighted by Crippen LogP contribution is -2.39. The summed E-state index contributed by atoms with van der Waals surface area (Å²) >= 11 is 2.47. The zero-order valence-electron chi connectivity index (χ0n) is 8.60. The van der Waals surface area contributed by atoms with E-state index in [1.54, 1.807) is 0 Å². The third kappa shape index (κ3) is 1.40. The van der Waals surface area contributed by atoms with Crippen molar-refractivity contribution >= 4 is 33.5 Å². The van der Waals surface area contributed by atoms with Crippen LogP contribution in [0, 0.1) is 0 Å². The van der Waals surface area contributed by atoms with E-state index < -0.39 is 0 Å². The van der Waals surface area contributed by atoms with Gasteiger partial charge >= 0.3 is 0 Å². The summed E-state index contributed by atoms with van der Waals surface area (Å²) in [6.07, 6.45) is 1.12. The molecule has 2 aromatic rings. The zero-order chi connectivity index (χ0) is 10.5. The van der Waals surface area contributed by atoms with Crippen LogP contribution >= 0.6 is 22.6 Å². The fourth-order valence-corrected chi connectivity index (χ4v) is 3.10. The number of aromatic nitrogens is 1. The molecule has 3 heteroatoms. The molecular weight excluding hydrogens is 299 g/mol. The number of rotatable bonds is 0. The van der Waals surface area contributed by atoms with Crippen LogP contribution in [0.2, 0.25) is 0 Å². The summed E-state index contributed by atoms with van der Waals surface area (Å²) < 4.78 is 0.0460. The summed E-state index contributed by atoms with van der Waals surface area (Å²) in [6, 6.07) is 8.56. The van der Waals surface area contributed by atoms with Crippen molar-refractivity contribution in [3.63, 3.8) is 0 Å². The lowest BCUT2D eigenvalue weighted by molar-refractivity contribution is 0.510. The zero-order valence-corrected chi connectivity index (χ0v) is 10.8. The van der Waals surface area contributed by atoms with Crippen molar-refractivity contribution in [2.45, 2.75) is 16.9 Å². The molecule has 15 heavy (non-hydrogen) atoms. The van der Waals surface area contributed by atoms with Gasteiger partial charge in [0.05, 0.1) is 0 Å². The molecule has 2 nitrogen and oxygen atoms in total. The second-order valence-corrected chi connectivity index (χ2v) is 6.36. The highest BCUT2D eigenvalue weighted by Crippen LogP contribution is 2.37. The lowest BCUT2D eigenvalue weighted by atomic mass is 10.0. The SMILES string of the molecule is C[C@]1(I)NCCc2c1[nH]c1ccccc21. The highest BCUT2D eigenvalue weighted by atomic mass is 127. The summed E-state index contributed by atoms with van der Waals surface area (Å²) in [7, 11) is 0. The molecule has 0 fully saturated rings. The Labute approximate surface area is 103 Å². The Hall–Kier alpha value is -0.550. The van der Waals surface area contributed by atoms with Gasteiger partial charge in [0.15, 0.2) is 0 Å². The number of aromatic amines is 1. The molecule has 0 spiro atoms. The van der Waals surface area contributed by atoms with Crippen LogP contribution in [0.4, 0.5) is 0 Å². The van der Waals surface area contributed by atoms with Gasteiger partial charge in [0.1, 0.15) is 3.55 Å². The first kappa shape index (κ1) is 9.66. The topological polar surface area (TPSA) is 27.8 Å². The Kier molecular flexibility index (Phi) is 2.07. The number of hydrogen-bond donors (Lipinski definition) is 2. The number of benzene rings is 1. The van der Waals surface area contributed by atoms with Crippen molar-refractivity contribution in [2.24, 2.45) is 0 Å². The van der Waals surface area contributed by atoms with Crippen LogP contribution < -0.4 is 5.32 Å². The first-order valence-electron chi connectivity index (χ1n) is 5.22. The Morgan fingerprint density at radius 3 is 3.00 bits per heavy atom. The molecule has 0 saturated carbocycles. The Morgan fingerprint density at radius 2 is 2.13 bits per heavy atom. The molecule has 2 N–H and O–H groups in total. The minimum atomic E-state index is 0.0460. The average molecular weight is 312 g/mol. The fraction of sp³-hybridized carbons (Fsp3) is 0.333. The molecule has 1 aliphatic rings. The van der Waals surface area contributed by atoms with Crippen molar-refractivity contribution in [3.8, 4) is 0 Å². The molecule has 2 heterocycles. The second-order valence-electron chi connectivity index (χ2n) is 4.20. The number of fused-ring (bicyclic) bond motifs is 3. The van der Waals surface area contributed by atoms with Crippen LogP contribution in [-0.2, 0) is 9.97 Å². The molecule has 78 valence electrons. The number of alkyl halides is 1. The van der Waals surface area contributed by atoms with E-state index in [9.17, 15) is 0 Å². The third-order valence-electron chi connectivity index (χ3n) is 3.12. The van der Waals surface area contributed by atoms with Crippen LogP contribution in [0.25, 0.3) is 10.9 Å². The van der Waals surface area contributed by atoms with E-state index >= 15 is 0 Å². The van der Waals surface area contributed by atoms with Gasteiger partial charge in [-0.15, -0.1) is 0 Å². The Balaban J connectivity index is 2.34. The summed E-state index contributed by atoms with van der Waals surface area (Å²) in [4.78, 5) is 3.54. The van der Waals surface area contributed by atoms with Crippen LogP contribution in [0.5, 0.6) is 0 Å². The van der Waals surface area contributed by atoms with Gasteiger partial charge < -0.3 is 4.98 Å². The average Bonchev–Trinajstić information content (AvgIpc) is 2.58. The first-order valence-corrected chi connectivity index (χ1v) is 6.30. The predicted molar refractivity (Wildman–Crippen MR) is 71.4 cm³/mol. The Morgan fingerprint density at radius 1 is 1.33 bits per heavy atom. The molecule has 1 atom stereocenters. The summed E-state index contributed by atoms with van der Waals surface area (Å²) in [5, 5.41) is 4.92. The van der Waals surface area contributed by atoms with Crippen molar-refractivity contribution in [1.82, 2.24) is 10.3 Å². The first-order chi connectivity index (χ1) is 7.18. The molecule has 1 aliphatic heterocycles. The molecule has 0 saturated heterocycles. The lowest BCUT2D eigenvalue weighted by Gasteiger charge is -2.29. The molecule has 0 bridgehead atoms. The van der Waals surface area contributed by atoms with Gasteiger partial charge in [-0.05, 0) is 25.0 Å². The maximum Gasteiger partial charge on any atom is 0.108 e. The predicted octanol–water partition coefficient (Wildman–Crippen LogP) is 2.92. The minimum absolute atomic E-state index is 0.0460. The number of H-pyrrole nitrogens is 1. The quantitative estimate of drug-likeness (QED) is 0.437. The molecule has 0 radical (unpaired) electrons. The van der Waals surface area contributed by atoms with Crippen LogP contribution in [0.3, 0.4) is 0 Å². The Bertz CT molecular complexity index is 513. The van der Waals surface area contributed by atoms with E-state index in [0.717, 1.165) is 13.0 Å². The molecular formula is C12H13IN2. The van der Waals surface area contributed by atoms with Crippen molar-refractivity contribution in [2.75, 3.05) is 6.54 Å². The van der Waals surface area contributed by atoms with Gasteiger partial charge in [0.2, 0.25) is 0 Å². The minimum Gasteiger partial charge on any atom is -0.356 e. The van der Waals surface area contributed by atoms with Crippen LogP contribution in [-0.4, -0.2) is 11.5 Å². The number of nitrogens with one attached hydrogen (secondary N) is 2. The van der Waals surface area contributed by atoms with Crippen LogP contribution in [0.15, 0.2) is 24.3 Å². The van der Waals surface area contributed by atoms with Crippen molar-refractivity contribution in [1.29, 1.82) is 0 Å². The van der Waals surface area contributed by atoms with Gasteiger partial charge in [0.25, 0.3) is 0 Å². The molecule has 1 aromatic carbocycles. The van der Waals surface area contributed by atoms with Gasteiger partial charge in [-0.2, -0.15) is 0 Å². The van der Waals surface area contributed by atoms with Crippen molar-refractivity contribution in [3.05, 3.63) is 35.5 Å². The largest absolute Gasteiger partial charge is 0.356 e. The molecule has 0 unspecified atom stereocenters. The van der Waals surface area contributed by atoms with Crippen molar-refractivity contribution < 1.29 is 0 Å². The summed E-state index contributed by atoms with van der Waals surface area (Å²) in [5.41, 5.74) is 4.09. The third-order valence-corrected chi connectivity index (χ3v) is 4.04. The van der Waals surface area contributed by atoms with E-state index in [0.29, 0.717) is 0 Å². The number of hydrogen-bond acceptors (Lipinski definition) is 1. The highest BCUT2D eigenvalue weighted by molar-refractivity contribution is 14.1. The van der Waals surface area contributed by atoms with E-state index in [1.807, 2.05) is 0 Å². The molecule has 0 amide bonds. The van der Waals surface area contributed by atoms with E-state index in [1.165, 1.54) is 22.2 Å². The van der Waals surface area contributed by atoms with Gasteiger partial charge in [-0.1, -0.05) is 40.8 Å². The monoisotopic (exact) mass is 312 g/mol. The second kappa shape index (κ2) is 3.22. The van der Waals surface area contributed by atoms with E-state index in [2.05, 4.69) is 64.1 Å². The summed E-state index contributed by atoms with van der Waals surface area (Å²) in [5.74, 6) is 0.